The Labute approximate surface area is 143 Å². The molecule has 1 aliphatic carbocycles. The SMILES string of the molecule is CSc1ncc(C(F)(F)F)c(NCCCNC(=O)C2CCCC2)n1. The molecule has 2 N–H and O–H groups in total. The lowest BCUT2D eigenvalue weighted by Gasteiger charge is -2.14. The monoisotopic (exact) mass is 362 g/mol. The smallest absolute Gasteiger partial charge is 0.369 e. The van der Waals surface area contributed by atoms with Crippen molar-refractivity contribution in [2.75, 3.05) is 24.7 Å². The van der Waals surface area contributed by atoms with Gasteiger partial charge in [-0.2, -0.15) is 13.2 Å². The average molecular weight is 362 g/mol. The molecule has 5 nitrogen and oxygen atoms in total. The first-order chi connectivity index (χ1) is 11.4. The zero-order valence-corrected chi connectivity index (χ0v) is 14.3. The summed E-state index contributed by atoms with van der Waals surface area (Å²) in [7, 11) is 0. The molecule has 1 aromatic rings. The Bertz CT molecular complexity index is 562. The molecule has 0 spiro atoms. The third kappa shape index (κ3) is 5.25. The van der Waals surface area contributed by atoms with Crippen molar-refractivity contribution < 1.29 is 18.0 Å². The highest BCUT2D eigenvalue weighted by atomic mass is 32.2. The lowest BCUT2D eigenvalue weighted by molar-refractivity contribution is -0.137. The summed E-state index contributed by atoms with van der Waals surface area (Å²) in [4.78, 5) is 19.4. The first kappa shape index (κ1) is 18.8. The van der Waals surface area contributed by atoms with Crippen LogP contribution in [0.5, 0.6) is 0 Å². The average Bonchev–Trinajstić information content (AvgIpc) is 3.07. The van der Waals surface area contributed by atoms with Crippen LogP contribution in [-0.4, -0.2) is 35.2 Å². The number of anilines is 1. The van der Waals surface area contributed by atoms with Crippen molar-refractivity contribution in [1.29, 1.82) is 0 Å². The molecule has 1 saturated carbocycles. The molecule has 1 fully saturated rings. The molecule has 1 aromatic heterocycles. The molecule has 9 heteroatoms. The van der Waals surface area contributed by atoms with Crippen LogP contribution < -0.4 is 10.6 Å². The summed E-state index contributed by atoms with van der Waals surface area (Å²) in [5.74, 6) is -0.0695. The molecule has 134 valence electrons. The summed E-state index contributed by atoms with van der Waals surface area (Å²) in [6, 6.07) is 0. The van der Waals surface area contributed by atoms with Gasteiger partial charge in [0.1, 0.15) is 11.4 Å². The maximum atomic E-state index is 13.0. The Kier molecular flexibility index (Phi) is 6.70. The maximum Gasteiger partial charge on any atom is 0.421 e. The van der Waals surface area contributed by atoms with Crippen molar-refractivity contribution in [1.82, 2.24) is 15.3 Å². The Hall–Kier alpha value is -1.51. The molecule has 0 unspecified atom stereocenters. The number of halogens is 3. The van der Waals surface area contributed by atoms with E-state index in [-0.39, 0.29) is 22.8 Å². The number of thioether (sulfide) groups is 1. The van der Waals surface area contributed by atoms with E-state index >= 15 is 0 Å². The summed E-state index contributed by atoms with van der Waals surface area (Å²) in [6.45, 7) is 0.725. The van der Waals surface area contributed by atoms with E-state index in [9.17, 15) is 18.0 Å². The third-order valence-electron chi connectivity index (χ3n) is 3.93. The number of nitrogens with one attached hydrogen (secondary N) is 2. The van der Waals surface area contributed by atoms with Crippen LogP contribution in [0.3, 0.4) is 0 Å². The molecule has 0 aromatic carbocycles. The highest BCUT2D eigenvalue weighted by Gasteiger charge is 2.35. The van der Waals surface area contributed by atoms with Gasteiger partial charge >= 0.3 is 6.18 Å². The third-order valence-corrected chi connectivity index (χ3v) is 4.49. The van der Waals surface area contributed by atoms with Crippen molar-refractivity contribution in [3.63, 3.8) is 0 Å². The van der Waals surface area contributed by atoms with Gasteiger partial charge < -0.3 is 10.6 Å². The fraction of sp³-hybridized carbons (Fsp3) is 0.667. The number of nitrogens with zero attached hydrogens (tertiary/aromatic N) is 2. The maximum absolute atomic E-state index is 13.0. The van der Waals surface area contributed by atoms with Crippen molar-refractivity contribution in [3.05, 3.63) is 11.8 Å². The Morgan fingerprint density at radius 3 is 2.67 bits per heavy atom. The number of rotatable bonds is 7. The van der Waals surface area contributed by atoms with Crippen LogP contribution in [0.4, 0.5) is 19.0 Å². The van der Waals surface area contributed by atoms with Crippen molar-refractivity contribution >= 4 is 23.5 Å². The van der Waals surface area contributed by atoms with Gasteiger partial charge in [-0.1, -0.05) is 24.6 Å². The summed E-state index contributed by atoms with van der Waals surface area (Å²) in [6.07, 6.45) is 2.55. The molecule has 0 aliphatic heterocycles. The van der Waals surface area contributed by atoms with E-state index < -0.39 is 11.7 Å². The highest BCUT2D eigenvalue weighted by molar-refractivity contribution is 7.98. The predicted molar refractivity (Wildman–Crippen MR) is 86.9 cm³/mol. The van der Waals surface area contributed by atoms with Crippen LogP contribution in [0.1, 0.15) is 37.7 Å². The summed E-state index contributed by atoms with van der Waals surface area (Å²) in [5, 5.41) is 5.82. The molecule has 2 rings (SSSR count). The van der Waals surface area contributed by atoms with Gasteiger partial charge in [-0.15, -0.1) is 0 Å². The van der Waals surface area contributed by atoms with Gasteiger partial charge in [-0.25, -0.2) is 9.97 Å². The number of alkyl halides is 3. The van der Waals surface area contributed by atoms with Crippen LogP contribution in [0, 0.1) is 5.92 Å². The first-order valence-corrected chi connectivity index (χ1v) is 9.14. The molecule has 0 atom stereocenters. The van der Waals surface area contributed by atoms with Gasteiger partial charge in [-0.05, 0) is 25.5 Å². The van der Waals surface area contributed by atoms with Crippen LogP contribution in [-0.2, 0) is 11.0 Å². The number of hydrogen-bond donors (Lipinski definition) is 2. The minimum atomic E-state index is -4.50. The van der Waals surface area contributed by atoms with E-state index in [0.29, 0.717) is 19.5 Å². The van der Waals surface area contributed by atoms with E-state index in [1.54, 1.807) is 6.26 Å². The largest absolute Gasteiger partial charge is 0.421 e. The van der Waals surface area contributed by atoms with Gasteiger partial charge in [0, 0.05) is 25.2 Å². The van der Waals surface area contributed by atoms with E-state index in [4.69, 9.17) is 0 Å². The topological polar surface area (TPSA) is 66.9 Å². The van der Waals surface area contributed by atoms with Gasteiger partial charge in [-0.3, -0.25) is 4.79 Å². The normalized spacial score (nSPS) is 15.5. The molecule has 1 heterocycles. The minimum Gasteiger partial charge on any atom is -0.369 e. The van der Waals surface area contributed by atoms with E-state index in [2.05, 4.69) is 20.6 Å². The van der Waals surface area contributed by atoms with Gasteiger partial charge in [0.25, 0.3) is 0 Å². The van der Waals surface area contributed by atoms with Crippen LogP contribution >= 0.6 is 11.8 Å². The number of aromatic nitrogens is 2. The molecule has 1 amide bonds. The second kappa shape index (κ2) is 8.55. The Balaban J connectivity index is 1.81. The number of carbonyl (C=O) groups excluding carboxylic acids is 1. The van der Waals surface area contributed by atoms with Gasteiger partial charge in [0.05, 0.1) is 0 Å². The molecular weight excluding hydrogens is 341 g/mol. The summed E-state index contributed by atoms with van der Waals surface area (Å²) < 4.78 is 38.9. The van der Waals surface area contributed by atoms with Crippen LogP contribution in [0.25, 0.3) is 0 Å². The lowest BCUT2D eigenvalue weighted by Crippen LogP contribution is -2.31. The molecule has 0 bridgehead atoms. The van der Waals surface area contributed by atoms with E-state index in [1.165, 1.54) is 11.8 Å². The molecule has 24 heavy (non-hydrogen) atoms. The highest BCUT2D eigenvalue weighted by Crippen LogP contribution is 2.34. The van der Waals surface area contributed by atoms with Crippen LogP contribution in [0.2, 0.25) is 0 Å². The minimum absolute atomic E-state index is 0.0511. The fourth-order valence-corrected chi connectivity index (χ4v) is 2.99. The predicted octanol–water partition coefficient (Wildman–Crippen LogP) is 3.33. The second-order valence-corrected chi connectivity index (χ2v) is 6.44. The molecule has 0 saturated heterocycles. The van der Waals surface area contributed by atoms with Gasteiger partial charge in [0.2, 0.25) is 5.91 Å². The number of carbonyl (C=O) groups is 1. The van der Waals surface area contributed by atoms with Crippen molar-refractivity contribution in [3.8, 4) is 0 Å². The fourth-order valence-electron chi connectivity index (χ4n) is 2.65. The molecular formula is C15H21F3N4OS. The van der Waals surface area contributed by atoms with Crippen molar-refractivity contribution in [2.24, 2.45) is 5.92 Å². The zero-order chi connectivity index (χ0) is 17.6. The summed E-state index contributed by atoms with van der Waals surface area (Å²) in [5.41, 5.74) is -0.879. The number of amides is 1. The van der Waals surface area contributed by atoms with Gasteiger partial charge in [0.15, 0.2) is 5.16 Å². The summed E-state index contributed by atoms with van der Waals surface area (Å²) >= 11 is 1.18. The Morgan fingerprint density at radius 2 is 2.04 bits per heavy atom. The van der Waals surface area contributed by atoms with E-state index in [0.717, 1.165) is 31.9 Å². The molecule has 0 radical (unpaired) electrons. The quantitative estimate of drug-likeness (QED) is 0.442. The Morgan fingerprint density at radius 1 is 1.33 bits per heavy atom. The van der Waals surface area contributed by atoms with E-state index in [1.807, 2.05) is 0 Å². The van der Waals surface area contributed by atoms with Crippen molar-refractivity contribution in [2.45, 2.75) is 43.4 Å². The zero-order valence-electron chi connectivity index (χ0n) is 13.4. The standard InChI is InChI=1S/C15H21F3N4OS/c1-24-14-21-9-11(15(16,17)18)12(22-14)19-7-4-8-20-13(23)10-5-2-3-6-10/h9-10H,2-8H2,1H3,(H,20,23)(H,19,21,22). The molecule has 1 aliphatic rings. The van der Waals surface area contributed by atoms with Crippen LogP contribution in [0.15, 0.2) is 11.4 Å². The lowest BCUT2D eigenvalue weighted by atomic mass is 10.1. The first-order valence-electron chi connectivity index (χ1n) is 7.91. The second-order valence-electron chi connectivity index (χ2n) is 5.67. The number of hydrogen-bond acceptors (Lipinski definition) is 5.